The molecule has 0 radical (unpaired) electrons. The first-order chi connectivity index (χ1) is 10.3. The third kappa shape index (κ3) is 3.93. The molecule has 0 aliphatic heterocycles. The second-order valence-corrected chi connectivity index (χ2v) is 7.22. The largest absolute Gasteiger partial charge is 0.497 e. The Bertz CT molecular complexity index is 761. The molecule has 0 bridgehead atoms. The molecule has 7 heteroatoms. The number of hydrogen-bond donors (Lipinski definition) is 1. The van der Waals surface area contributed by atoms with Crippen molar-refractivity contribution < 1.29 is 13.2 Å². The number of methoxy groups -OCH3 is 1. The summed E-state index contributed by atoms with van der Waals surface area (Å²) in [5.41, 5.74) is 0.808. The van der Waals surface area contributed by atoms with Crippen molar-refractivity contribution in [2.24, 2.45) is 0 Å². The molecule has 0 aliphatic rings. The fourth-order valence-corrected chi connectivity index (χ4v) is 3.93. The van der Waals surface area contributed by atoms with E-state index >= 15 is 0 Å². The Hall–Kier alpha value is -1.27. The van der Waals surface area contributed by atoms with E-state index < -0.39 is 16.1 Å². The van der Waals surface area contributed by atoms with Crippen molar-refractivity contribution in [2.75, 3.05) is 7.11 Å². The van der Waals surface area contributed by atoms with Crippen molar-refractivity contribution in [3.63, 3.8) is 0 Å². The Balaban J connectivity index is 2.25. The van der Waals surface area contributed by atoms with E-state index in [-0.39, 0.29) is 9.92 Å². The SMILES string of the molecule is COc1ccc([C@H](C)NS(=O)(=O)c2cc(Cl)ccc2Cl)cc1. The molecule has 0 spiro atoms. The Morgan fingerprint density at radius 3 is 2.32 bits per heavy atom. The molecular formula is C15H15Cl2NO3S. The predicted molar refractivity (Wildman–Crippen MR) is 88.2 cm³/mol. The topological polar surface area (TPSA) is 55.4 Å². The van der Waals surface area contributed by atoms with E-state index in [1.807, 2.05) is 0 Å². The summed E-state index contributed by atoms with van der Waals surface area (Å²) in [5.74, 6) is 0.705. The highest BCUT2D eigenvalue weighted by atomic mass is 35.5. The molecule has 4 nitrogen and oxygen atoms in total. The van der Waals surface area contributed by atoms with Gasteiger partial charge >= 0.3 is 0 Å². The first-order valence-corrected chi connectivity index (χ1v) is 8.69. The molecule has 0 heterocycles. The summed E-state index contributed by atoms with van der Waals surface area (Å²) in [6, 6.07) is 11.0. The zero-order chi connectivity index (χ0) is 16.3. The smallest absolute Gasteiger partial charge is 0.242 e. The molecule has 0 fully saturated rings. The van der Waals surface area contributed by atoms with Crippen LogP contribution >= 0.6 is 23.2 Å². The molecular weight excluding hydrogens is 345 g/mol. The van der Waals surface area contributed by atoms with E-state index in [9.17, 15) is 8.42 Å². The number of sulfonamides is 1. The van der Waals surface area contributed by atoms with Crippen LogP contribution in [0.3, 0.4) is 0 Å². The van der Waals surface area contributed by atoms with Crippen LogP contribution in [0.1, 0.15) is 18.5 Å². The van der Waals surface area contributed by atoms with Crippen molar-refractivity contribution in [3.05, 3.63) is 58.1 Å². The molecule has 22 heavy (non-hydrogen) atoms. The summed E-state index contributed by atoms with van der Waals surface area (Å²) < 4.78 is 32.5. The van der Waals surface area contributed by atoms with Crippen molar-refractivity contribution in [1.29, 1.82) is 0 Å². The van der Waals surface area contributed by atoms with Gasteiger partial charge in [-0.15, -0.1) is 0 Å². The van der Waals surface area contributed by atoms with Gasteiger partial charge in [0.25, 0.3) is 0 Å². The van der Waals surface area contributed by atoms with Crippen LogP contribution in [-0.2, 0) is 10.0 Å². The molecule has 0 amide bonds. The summed E-state index contributed by atoms with van der Waals surface area (Å²) >= 11 is 11.8. The summed E-state index contributed by atoms with van der Waals surface area (Å²) in [4.78, 5) is -0.0398. The highest BCUT2D eigenvalue weighted by molar-refractivity contribution is 7.89. The van der Waals surface area contributed by atoms with Crippen LogP contribution in [0.5, 0.6) is 5.75 Å². The average Bonchev–Trinajstić information content (AvgIpc) is 2.49. The zero-order valence-corrected chi connectivity index (χ0v) is 14.3. The van der Waals surface area contributed by atoms with Gasteiger partial charge in [-0.05, 0) is 42.8 Å². The maximum absolute atomic E-state index is 12.4. The highest BCUT2D eigenvalue weighted by Crippen LogP contribution is 2.26. The lowest BCUT2D eigenvalue weighted by atomic mass is 10.1. The number of rotatable bonds is 5. The second-order valence-electron chi connectivity index (χ2n) is 4.69. The van der Waals surface area contributed by atoms with Crippen LogP contribution in [0.2, 0.25) is 10.0 Å². The molecule has 0 aromatic heterocycles. The van der Waals surface area contributed by atoms with Crippen LogP contribution in [0.4, 0.5) is 0 Å². The van der Waals surface area contributed by atoms with E-state index in [0.29, 0.717) is 10.8 Å². The van der Waals surface area contributed by atoms with E-state index in [2.05, 4.69) is 4.72 Å². The van der Waals surface area contributed by atoms with Gasteiger partial charge in [0, 0.05) is 11.1 Å². The van der Waals surface area contributed by atoms with Crippen molar-refractivity contribution in [3.8, 4) is 5.75 Å². The van der Waals surface area contributed by atoms with Gasteiger partial charge < -0.3 is 4.74 Å². The molecule has 118 valence electrons. The normalized spacial score (nSPS) is 12.9. The number of halogens is 2. The molecule has 0 unspecified atom stereocenters. The van der Waals surface area contributed by atoms with Crippen LogP contribution in [0.15, 0.2) is 47.4 Å². The fourth-order valence-electron chi connectivity index (χ4n) is 1.94. The Labute approximate surface area is 140 Å². The van der Waals surface area contributed by atoms with Gasteiger partial charge in [-0.25, -0.2) is 13.1 Å². The number of ether oxygens (including phenoxy) is 1. The Morgan fingerprint density at radius 2 is 1.73 bits per heavy atom. The van der Waals surface area contributed by atoms with Gasteiger partial charge in [0.1, 0.15) is 10.6 Å². The minimum atomic E-state index is -3.77. The summed E-state index contributed by atoms with van der Waals surface area (Å²) in [5, 5.41) is 0.431. The third-order valence-electron chi connectivity index (χ3n) is 3.13. The first-order valence-electron chi connectivity index (χ1n) is 6.45. The second kappa shape index (κ2) is 6.87. The number of nitrogens with one attached hydrogen (secondary N) is 1. The van der Waals surface area contributed by atoms with E-state index in [4.69, 9.17) is 27.9 Å². The van der Waals surface area contributed by atoms with Gasteiger partial charge in [0.2, 0.25) is 10.0 Å². The van der Waals surface area contributed by atoms with Crippen molar-refractivity contribution in [1.82, 2.24) is 4.72 Å². The van der Waals surface area contributed by atoms with Crippen LogP contribution in [0.25, 0.3) is 0 Å². The summed E-state index contributed by atoms with van der Waals surface area (Å²) in [6.45, 7) is 1.75. The summed E-state index contributed by atoms with van der Waals surface area (Å²) in [7, 11) is -2.20. The molecule has 2 aromatic rings. The summed E-state index contributed by atoms with van der Waals surface area (Å²) in [6.07, 6.45) is 0. The number of benzene rings is 2. The molecule has 1 atom stereocenters. The highest BCUT2D eigenvalue weighted by Gasteiger charge is 2.21. The molecule has 1 N–H and O–H groups in total. The van der Waals surface area contributed by atoms with Gasteiger partial charge in [0.15, 0.2) is 0 Å². The van der Waals surface area contributed by atoms with Gasteiger partial charge in [-0.2, -0.15) is 0 Å². The molecule has 2 rings (SSSR count). The van der Waals surface area contributed by atoms with Gasteiger partial charge in [-0.3, -0.25) is 0 Å². The maximum Gasteiger partial charge on any atom is 0.242 e. The fraction of sp³-hybridized carbons (Fsp3) is 0.200. The minimum Gasteiger partial charge on any atom is -0.497 e. The van der Waals surface area contributed by atoms with Gasteiger partial charge in [-0.1, -0.05) is 35.3 Å². The predicted octanol–water partition coefficient (Wildman–Crippen LogP) is 4.04. The van der Waals surface area contributed by atoms with E-state index in [1.165, 1.54) is 18.2 Å². The third-order valence-corrected chi connectivity index (χ3v) is 5.39. The van der Waals surface area contributed by atoms with Crippen molar-refractivity contribution in [2.45, 2.75) is 17.9 Å². The van der Waals surface area contributed by atoms with Crippen LogP contribution in [-0.4, -0.2) is 15.5 Å². The lowest BCUT2D eigenvalue weighted by molar-refractivity contribution is 0.414. The number of hydrogen-bond acceptors (Lipinski definition) is 3. The standard InChI is InChI=1S/C15H15Cl2NO3S/c1-10(11-3-6-13(21-2)7-4-11)18-22(19,20)15-9-12(16)5-8-14(15)17/h3-10,18H,1-2H3/t10-/m0/s1. The van der Waals surface area contributed by atoms with Crippen molar-refractivity contribution >= 4 is 33.2 Å². The van der Waals surface area contributed by atoms with Gasteiger partial charge in [0.05, 0.1) is 12.1 Å². The Morgan fingerprint density at radius 1 is 1.09 bits per heavy atom. The van der Waals surface area contributed by atoms with E-state index in [1.54, 1.807) is 38.3 Å². The maximum atomic E-state index is 12.4. The quantitative estimate of drug-likeness (QED) is 0.876. The molecule has 2 aromatic carbocycles. The monoisotopic (exact) mass is 359 g/mol. The zero-order valence-electron chi connectivity index (χ0n) is 12.0. The van der Waals surface area contributed by atoms with Crippen LogP contribution < -0.4 is 9.46 Å². The minimum absolute atomic E-state index is 0.0398. The Kier molecular flexibility index (Phi) is 5.34. The van der Waals surface area contributed by atoms with Crippen LogP contribution in [0, 0.1) is 0 Å². The molecule has 0 saturated carbocycles. The average molecular weight is 360 g/mol. The molecule has 0 saturated heterocycles. The first kappa shape index (κ1) is 17.1. The molecule has 0 aliphatic carbocycles. The lowest BCUT2D eigenvalue weighted by Crippen LogP contribution is -2.27. The van der Waals surface area contributed by atoms with E-state index in [0.717, 1.165) is 5.56 Å². The lowest BCUT2D eigenvalue weighted by Gasteiger charge is -2.16.